The summed E-state index contributed by atoms with van der Waals surface area (Å²) in [6, 6.07) is 13.9. The number of hydrogen-bond donors (Lipinski definition) is 2. The molecule has 2 aromatic carbocycles. The van der Waals surface area contributed by atoms with Gasteiger partial charge in [0, 0.05) is 36.5 Å². The van der Waals surface area contributed by atoms with Crippen LogP contribution in [0.1, 0.15) is 25.8 Å². The number of carboxylic acids is 1. The number of benzene rings is 2. The van der Waals surface area contributed by atoms with Crippen LogP contribution in [-0.4, -0.2) is 65.9 Å². The third kappa shape index (κ3) is 7.32. The number of carbonyl (C=O) groups is 2. The highest BCUT2D eigenvalue weighted by molar-refractivity contribution is 7.91. The van der Waals surface area contributed by atoms with Crippen molar-refractivity contribution in [3.63, 3.8) is 0 Å². The van der Waals surface area contributed by atoms with Crippen molar-refractivity contribution in [2.75, 3.05) is 18.9 Å². The number of carboxylic acid groups (broad SMARTS) is 1. The molecule has 0 saturated carbocycles. The molecule has 1 amide bonds. The number of aliphatic carboxylic acids is 1. The van der Waals surface area contributed by atoms with E-state index in [1.807, 2.05) is 38.1 Å². The average Bonchev–Trinajstić information content (AvgIpc) is 3.30. The molecule has 0 radical (unpaired) electrons. The van der Waals surface area contributed by atoms with Crippen LogP contribution >= 0.6 is 0 Å². The Labute approximate surface area is 222 Å². The molecule has 0 saturated heterocycles. The van der Waals surface area contributed by atoms with Crippen LogP contribution in [0.25, 0.3) is 10.9 Å². The number of oxime groups is 1. The average molecular weight is 540 g/mol. The smallest absolute Gasteiger partial charge is 0.326 e. The molecule has 1 unspecified atom stereocenters. The van der Waals surface area contributed by atoms with Gasteiger partial charge in [-0.2, -0.15) is 0 Å². The quantitative estimate of drug-likeness (QED) is 0.138. The van der Waals surface area contributed by atoms with Crippen LogP contribution < -0.4 is 0 Å². The van der Waals surface area contributed by atoms with Crippen molar-refractivity contribution < 1.29 is 28.0 Å². The fraction of sp³-hybridized carbons (Fsp3) is 0.321. The maximum absolute atomic E-state index is 13.8. The SMILES string of the molecule is C=CCON=C(CC(C)C)C(=O)N(CCS(=O)(=O)c1ccccc1)C(Cc1c[nH]c2ccccc12)C(=O)O. The predicted molar refractivity (Wildman–Crippen MR) is 147 cm³/mol. The van der Waals surface area contributed by atoms with Gasteiger partial charge in [-0.05, 0) is 29.7 Å². The number of aromatic amines is 1. The zero-order valence-corrected chi connectivity index (χ0v) is 22.4. The van der Waals surface area contributed by atoms with Crippen LogP contribution in [0.5, 0.6) is 0 Å². The second-order valence-electron chi connectivity index (χ2n) is 9.27. The van der Waals surface area contributed by atoms with E-state index in [4.69, 9.17) is 4.84 Å². The van der Waals surface area contributed by atoms with Crippen LogP contribution in [0.15, 0.2) is 83.5 Å². The van der Waals surface area contributed by atoms with Crippen LogP contribution in [0.4, 0.5) is 0 Å². The first-order chi connectivity index (χ1) is 18.1. The summed E-state index contributed by atoms with van der Waals surface area (Å²) in [6.07, 6.45) is 3.37. The monoisotopic (exact) mass is 539 g/mol. The number of fused-ring (bicyclic) bond motifs is 1. The number of carbonyl (C=O) groups excluding carboxylic acids is 1. The lowest BCUT2D eigenvalue weighted by atomic mass is 10.0. The summed E-state index contributed by atoms with van der Waals surface area (Å²) in [6.45, 7) is 7.07. The van der Waals surface area contributed by atoms with Gasteiger partial charge in [0.1, 0.15) is 18.4 Å². The van der Waals surface area contributed by atoms with Gasteiger partial charge in [0.15, 0.2) is 9.84 Å². The number of nitrogens with zero attached hydrogens (tertiary/aromatic N) is 2. The number of hydrogen-bond acceptors (Lipinski definition) is 6. The van der Waals surface area contributed by atoms with Gasteiger partial charge in [-0.3, -0.25) is 4.79 Å². The lowest BCUT2D eigenvalue weighted by molar-refractivity contribution is -0.147. The number of sulfone groups is 1. The molecule has 9 nitrogen and oxygen atoms in total. The molecular weight excluding hydrogens is 506 g/mol. The van der Waals surface area contributed by atoms with Crippen molar-refractivity contribution in [3.05, 3.63) is 79.0 Å². The Bertz CT molecular complexity index is 1400. The first kappa shape index (κ1) is 28.6. The van der Waals surface area contributed by atoms with Crippen molar-refractivity contribution in [1.82, 2.24) is 9.88 Å². The fourth-order valence-electron chi connectivity index (χ4n) is 4.09. The van der Waals surface area contributed by atoms with E-state index in [9.17, 15) is 23.1 Å². The van der Waals surface area contributed by atoms with Gasteiger partial charge >= 0.3 is 5.97 Å². The molecule has 1 heterocycles. The normalized spacial score (nSPS) is 12.9. The topological polar surface area (TPSA) is 129 Å². The lowest BCUT2D eigenvalue weighted by Gasteiger charge is -2.29. The standard InChI is InChI=1S/C28H33N3O6S/c1-4-15-37-30-25(17-20(2)3)27(32)31(14-16-38(35,36)22-10-6-5-7-11-22)26(28(33)34)18-21-19-29-24-13-9-8-12-23(21)24/h4-13,19-20,26,29H,1,14-18H2,2-3H3,(H,33,34). The van der Waals surface area contributed by atoms with E-state index < -0.39 is 33.5 Å². The molecule has 3 rings (SSSR count). The Morgan fingerprint density at radius 3 is 2.47 bits per heavy atom. The summed E-state index contributed by atoms with van der Waals surface area (Å²) < 4.78 is 26.1. The van der Waals surface area contributed by atoms with Gasteiger partial charge in [-0.25, -0.2) is 13.2 Å². The van der Waals surface area contributed by atoms with Crippen LogP contribution in [-0.2, 0) is 30.7 Å². The first-order valence-electron chi connectivity index (χ1n) is 12.3. The van der Waals surface area contributed by atoms with E-state index in [-0.39, 0.29) is 42.5 Å². The maximum atomic E-state index is 13.8. The molecule has 38 heavy (non-hydrogen) atoms. The number of aromatic nitrogens is 1. The molecule has 0 aliphatic rings. The second kappa shape index (κ2) is 13.0. The molecule has 2 N–H and O–H groups in total. The highest BCUT2D eigenvalue weighted by atomic mass is 32.2. The summed E-state index contributed by atoms with van der Waals surface area (Å²) in [5, 5.41) is 15.0. The van der Waals surface area contributed by atoms with Gasteiger partial charge in [0.25, 0.3) is 5.91 Å². The van der Waals surface area contributed by atoms with Crippen molar-refractivity contribution in [3.8, 4) is 0 Å². The van der Waals surface area contributed by atoms with E-state index in [0.29, 0.717) is 5.56 Å². The van der Waals surface area contributed by atoms with Crippen molar-refractivity contribution in [1.29, 1.82) is 0 Å². The minimum absolute atomic E-state index is 0.0110. The zero-order chi connectivity index (χ0) is 27.7. The van der Waals surface area contributed by atoms with Crippen molar-refractivity contribution in [2.24, 2.45) is 11.1 Å². The van der Waals surface area contributed by atoms with E-state index in [1.54, 1.807) is 24.4 Å². The van der Waals surface area contributed by atoms with E-state index in [2.05, 4.69) is 16.7 Å². The number of nitrogens with one attached hydrogen (secondary N) is 1. The molecule has 202 valence electrons. The van der Waals surface area contributed by atoms with E-state index in [0.717, 1.165) is 15.8 Å². The van der Waals surface area contributed by atoms with Gasteiger partial charge in [-0.1, -0.05) is 68.1 Å². The van der Waals surface area contributed by atoms with Crippen molar-refractivity contribution in [2.45, 2.75) is 37.6 Å². The highest BCUT2D eigenvalue weighted by Gasteiger charge is 2.34. The van der Waals surface area contributed by atoms with Gasteiger partial charge < -0.3 is 19.8 Å². The largest absolute Gasteiger partial charge is 0.480 e. The molecule has 3 aromatic rings. The summed E-state index contributed by atoms with van der Waals surface area (Å²) in [7, 11) is -3.79. The maximum Gasteiger partial charge on any atom is 0.326 e. The van der Waals surface area contributed by atoms with Crippen LogP contribution in [0.3, 0.4) is 0 Å². The predicted octanol–water partition coefficient (Wildman–Crippen LogP) is 4.07. The molecule has 1 aromatic heterocycles. The molecule has 10 heteroatoms. The third-order valence-electron chi connectivity index (χ3n) is 5.93. The summed E-state index contributed by atoms with van der Waals surface area (Å²) in [5.41, 5.74) is 1.54. The zero-order valence-electron chi connectivity index (χ0n) is 21.5. The van der Waals surface area contributed by atoms with Crippen LogP contribution in [0.2, 0.25) is 0 Å². The highest BCUT2D eigenvalue weighted by Crippen LogP contribution is 2.22. The Morgan fingerprint density at radius 1 is 1.13 bits per heavy atom. The van der Waals surface area contributed by atoms with Crippen molar-refractivity contribution >= 4 is 38.3 Å². The second-order valence-corrected chi connectivity index (χ2v) is 11.4. The Hall–Kier alpha value is -3.92. The molecule has 1 atom stereocenters. The fourth-order valence-corrected chi connectivity index (χ4v) is 5.33. The van der Waals surface area contributed by atoms with Gasteiger partial charge in [-0.15, -0.1) is 0 Å². The molecule has 0 bridgehead atoms. The number of H-pyrrole nitrogens is 1. The third-order valence-corrected chi connectivity index (χ3v) is 7.64. The number of amides is 1. The molecular formula is C28H33N3O6S. The summed E-state index contributed by atoms with van der Waals surface area (Å²) >= 11 is 0. The van der Waals surface area contributed by atoms with Crippen LogP contribution in [0, 0.1) is 5.92 Å². The minimum Gasteiger partial charge on any atom is -0.480 e. The number of para-hydroxylation sites is 1. The summed E-state index contributed by atoms with van der Waals surface area (Å²) in [5.74, 6) is -2.38. The van der Waals surface area contributed by atoms with E-state index >= 15 is 0 Å². The molecule has 0 aliphatic heterocycles. The van der Waals surface area contributed by atoms with Gasteiger partial charge in [0.2, 0.25) is 0 Å². The first-order valence-corrected chi connectivity index (χ1v) is 14.0. The molecule has 0 spiro atoms. The lowest BCUT2D eigenvalue weighted by Crippen LogP contribution is -2.51. The molecule has 0 fully saturated rings. The number of rotatable bonds is 14. The van der Waals surface area contributed by atoms with Gasteiger partial charge in [0.05, 0.1) is 10.6 Å². The van der Waals surface area contributed by atoms with E-state index in [1.165, 1.54) is 18.2 Å². The Morgan fingerprint density at radius 2 is 1.82 bits per heavy atom. The molecule has 0 aliphatic carbocycles. The summed E-state index contributed by atoms with van der Waals surface area (Å²) in [4.78, 5) is 35.8. The Balaban J connectivity index is 2.00. The Kier molecular flexibility index (Phi) is 9.84. The minimum atomic E-state index is -3.79.